The number of amides is 1. The number of aliphatic hydroxyl groups is 1. The van der Waals surface area contributed by atoms with Crippen LogP contribution in [0, 0.1) is 5.92 Å². The minimum absolute atomic E-state index is 0.100. The van der Waals surface area contributed by atoms with Gasteiger partial charge in [-0.2, -0.15) is 18.1 Å². The first-order valence-electron chi connectivity index (χ1n) is 12.5. The second kappa shape index (κ2) is 13.0. The summed E-state index contributed by atoms with van der Waals surface area (Å²) in [6.07, 6.45) is 6.02. The number of halogens is 2. The molecule has 1 aliphatic heterocycles. The summed E-state index contributed by atoms with van der Waals surface area (Å²) >= 11 is 0. The fourth-order valence-corrected chi connectivity index (χ4v) is 5.59. The van der Waals surface area contributed by atoms with Crippen LogP contribution in [0.3, 0.4) is 0 Å². The Morgan fingerprint density at radius 3 is 2.62 bits per heavy atom. The second-order valence-corrected chi connectivity index (χ2v) is 12.3. The van der Waals surface area contributed by atoms with Gasteiger partial charge in [-0.1, -0.05) is 0 Å². The maximum atomic E-state index is 13.1. The van der Waals surface area contributed by atoms with Crippen LogP contribution < -0.4 is 10.6 Å². The summed E-state index contributed by atoms with van der Waals surface area (Å²) in [4.78, 5) is 26.1. The van der Waals surface area contributed by atoms with Crippen molar-refractivity contribution in [3.05, 3.63) is 11.8 Å². The Hall–Kier alpha value is -2.29. The van der Waals surface area contributed by atoms with E-state index in [4.69, 9.17) is 0 Å². The van der Waals surface area contributed by atoms with Gasteiger partial charge in [0.25, 0.3) is 5.91 Å². The predicted octanol–water partition coefficient (Wildman–Crippen LogP) is 2.31. The molecule has 14 heteroatoms. The van der Waals surface area contributed by atoms with E-state index in [0.717, 1.165) is 12.8 Å². The summed E-state index contributed by atoms with van der Waals surface area (Å²) in [5.41, 5.74) is 0.110. The molecule has 37 heavy (non-hydrogen) atoms. The summed E-state index contributed by atoms with van der Waals surface area (Å²) in [6.45, 7) is 2.19. The lowest BCUT2D eigenvalue weighted by molar-refractivity contribution is -0.130. The van der Waals surface area contributed by atoms with Gasteiger partial charge in [0, 0.05) is 37.6 Å². The zero-order chi connectivity index (χ0) is 27.2. The number of hydrogen-bond acceptors (Lipinski definition) is 9. The zero-order valence-corrected chi connectivity index (χ0v) is 22.1. The molecule has 0 radical (unpaired) electrons. The number of alkyl halides is 2. The Balaban J connectivity index is 1.74. The van der Waals surface area contributed by atoms with Crippen LogP contribution in [0.25, 0.3) is 0 Å². The lowest BCUT2D eigenvalue weighted by Crippen LogP contribution is -2.40. The lowest BCUT2D eigenvalue weighted by atomic mass is 9.88. The van der Waals surface area contributed by atoms with Crippen LogP contribution in [0.15, 0.2) is 11.2 Å². The van der Waals surface area contributed by atoms with Crippen molar-refractivity contribution in [2.45, 2.75) is 82.9 Å². The molecule has 208 valence electrons. The highest BCUT2D eigenvalue weighted by atomic mass is 32.2. The summed E-state index contributed by atoms with van der Waals surface area (Å²) in [5, 5.41) is 14.9. The first-order chi connectivity index (χ1) is 17.5. The molecule has 1 aromatic rings. The Morgan fingerprint density at radius 1 is 1.27 bits per heavy atom. The van der Waals surface area contributed by atoms with E-state index in [-0.39, 0.29) is 48.5 Å². The second-order valence-electron chi connectivity index (χ2n) is 9.83. The van der Waals surface area contributed by atoms with Crippen molar-refractivity contribution in [3.8, 4) is 0 Å². The molecule has 0 aromatic carbocycles. The highest BCUT2D eigenvalue weighted by Crippen LogP contribution is 2.25. The maximum Gasteiger partial charge on any atom is 0.345 e. The fraction of sp³-hybridized carbons (Fsp3) is 0.739. The molecule has 2 aliphatic rings. The number of anilines is 1. The molecule has 0 spiro atoms. The van der Waals surface area contributed by atoms with E-state index in [1.807, 2.05) is 0 Å². The summed E-state index contributed by atoms with van der Waals surface area (Å²) in [7, 11) is -3.42. The maximum absolute atomic E-state index is 13.1. The number of nitrogens with zero attached hydrogens (tertiary/aromatic N) is 4. The van der Waals surface area contributed by atoms with Gasteiger partial charge >= 0.3 is 6.61 Å². The molecule has 2 heterocycles. The van der Waals surface area contributed by atoms with Crippen LogP contribution in [0.2, 0.25) is 0 Å². The van der Waals surface area contributed by atoms with E-state index in [9.17, 15) is 27.1 Å². The van der Waals surface area contributed by atoms with Gasteiger partial charge in [-0.05, 0) is 58.8 Å². The molecular formula is C23H36F2N6O5S. The van der Waals surface area contributed by atoms with Crippen molar-refractivity contribution in [1.29, 1.82) is 0 Å². The number of carbonyl (C=O) groups excluding carboxylic acids is 1. The lowest BCUT2D eigenvalue weighted by Gasteiger charge is -2.22. The number of nitrogens with one attached hydrogen (secondary N) is 2. The van der Waals surface area contributed by atoms with E-state index in [2.05, 4.69) is 30.3 Å². The SMILES string of the molecule is CC(C)S(=O)(=O)N1CC[C@H](NC(=O)c2cnc(N[C@@H](C)COC(F)F)nc2N=CC2CCC(O)CC2)C1. The number of carbonyl (C=O) groups is 1. The molecule has 1 aromatic heterocycles. The van der Waals surface area contributed by atoms with E-state index < -0.39 is 33.8 Å². The molecule has 1 amide bonds. The largest absolute Gasteiger partial charge is 0.393 e. The molecular weight excluding hydrogens is 510 g/mol. The van der Waals surface area contributed by atoms with E-state index in [1.54, 1.807) is 27.0 Å². The van der Waals surface area contributed by atoms with Gasteiger partial charge in [-0.15, -0.1) is 0 Å². The van der Waals surface area contributed by atoms with Gasteiger partial charge < -0.3 is 20.5 Å². The van der Waals surface area contributed by atoms with Crippen molar-refractivity contribution in [3.63, 3.8) is 0 Å². The van der Waals surface area contributed by atoms with Gasteiger partial charge in [0.1, 0.15) is 5.56 Å². The monoisotopic (exact) mass is 546 g/mol. The fourth-order valence-electron chi connectivity index (χ4n) is 4.25. The molecule has 3 N–H and O–H groups in total. The summed E-state index contributed by atoms with van der Waals surface area (Å²) < 4.78 is 55.3. The van der Waals surface area contributed by atoms with Crippen LogP contribution in [-0.2, 0) is 14.8 Å². The zero-order valence-electron chi connectivity index (χ0n) is 21.3. The predicted molar refractivity (Wildman–Crippen MR) is 135 cm³/mol. The Labute approximate surface area is 216 Å². The minimum atomic E-state index is -3.42. The number of aliphatic hydroxyl groups excluding tert-OH is 1. The quantitative estimate of drug-likeness (QED) is 0.359. The Morgan fingerprint density at radius 2 is 1.97 bits per heavy atom. The molecule has 2 atom stereocenters. The summed E-state index contributed by atoms with van der Waals surface area (Å²) in [6, 6.07) is -0.903. The smallest absolute Gasteiger partial charge is 0.345 e. The first kappa shape index (κ1) is 29.3. The molecule has 0 bridgehead atoms. The number of hydrogen-bond donors (Lipinski definition) is 3. The molecule has 1 saturated heterocycles. The van der Waals surface area contributed by atoms with Gasteiger partial charge in [0.05, 0.1) is 18.0 Å². The summed E-state index contributed by atoms with van der Waals surface area (Å²) in [5.74, 6) is -0.162. The van der Waals surface area contributed by atoms with Crippen LogP contribution in [0.5, 0.6) is 0 Å². The van der Waals surface area contributed by atoms with Gasteiger partial charge in [-0.25, -0.2) is 18.4 Å². The Bertz CT molecular complexity index is 1050. The van der Waals surface area contributed by atoms with Gasteiger partial charge in [-0.3, -0.25) is 4.79 Å². The normalized spacial score (nSPS) is 24.2. The van der Waals surface area contributed by atoms with Gasteiger partial charge in [0.15, 0.2) is 5.82 Å². The van der Waals surface area contributed by atoms with Gasteiger partial charge in [0.2, 0.25) is 16.0 Å². The standard InChI is InChI=1S/C23H36F2N6O5S/c1-14(2)37(34,35)31-9-8-17(12-31)29-21(33)19-11-27-23(28-15(3)13-36-22(24)25)30-20(19)26-10-16-4-6-18(32)7-5-16/h10-11,14-18,22,32H,4-9,12-13H2,1-3H3,(H,29,33)(H,27,28,30)/t15-,16?,17-,18?/m0/s1. The first-order valence-corrected chi connectivity index (χ1v) is 14.0. The highest BCUT2D eigenvalue weighted by Gasteiger charge is 2.34. The number of aliphatic imine (C=N–C) groups is 1. The highest BCUT2D eigenvalue weighted by molar-refractivity contribution is 7.89. The van der Waals surface area contributed by atoms with Crippen molar-refractivity contribution < 1.29 is 31.8 Å². The van der Waals surface area contributed by atoms with Crippen molar-refractivity contribution >= 4 is 33.9 Å². The molecule has 0 unspecified atom stereocenters. The topological polar surface area (TPSA) is 146 Å². The third kappa shape index (κ3) is 8.35. The van der Waals surface area contributed by atoms with Crippen LogP contribution in [-0.4, -0.2) is 89.7 Å². The average molecular weight is 547 g/mol. The Kier molecular flexibility index (Phi) is 10.3. The number of aromatic nitrogens is 2. The van der Waals surface area contributed by atoms with Crippen LogP contribution >= 0.6 is 0 Å². The average Bonchev–Trinajstić information content (AvgIpc) is 3.31. The van der Waals surface area contributed by atoms with Crippen molar-refractivity contribution in [1.82, 2.24) is 19.6 Å². The van der Waals surface area contributed by atoms with Crippen LogP contribution in [0.1, 0.15) is 63.2 Å². The number of rotatable bonds is 11. The minimum Gasteiger partial charge on any atom is -0.393 e. The van der Waals surface area contributed by atoms with E-state index in [0.29, 0.717) is 25.8 Å². The third-order valence-corrected chi connectivity index (χ3v) is 8.69. The molecule has 1 saturated carbocycles. The van der Waals surface area contributed by atoms with Crippen molar-refractivity contribution in [2.24, 2.45) is 10.9 Å². The number of sulfonamides is 1. The van der Waals surface area contributed by atoms with Crippen molar-refractivity contribution in [2.75, 3.05) is 25.0 Å². The van der Waals surface area contributed by atoms with E-state index >= 15 is 0 Å². The molecule has 3 rings (SSSR count). The third-order valence-electron chi connectivity index (χ3n) is 6.45. The molecule has 1 aliphatic carbocycles. The van der Waals surface area contributed by atoms with Crippen LogP contribution in [0.4, 0.5) is 20.5 Å². The molecule has 11 nitrogen and oxygen atoms in total. The number of ether oxygens (including phenoxy) is 1. The molecule has 2 fully saturated rings. The van der Waals surface area contributed by atoms with E-state index in [1.165, 1.54) is 10.5 Å².